The number of piperidine rings is 1. The molecular weight excluding hydrogens is 258 g/mol. The van der Waals surface area contributed by atoms with Gasteiger partial charge in [0.1, 0.15) is 0 Å². The second kappa shape index (κ2) is 5.93. The molecule has 0 aromatic carbocycles. The van der Waals surface area contributed by atoms with Gasteiger partial charge in [0.2, 0.25) is 0 Å². The molecule has 1 N–H and O–H groups in total. The van der Waals surface area contributed by atoms with Crippen molar-refractivity contribution in [1.82, 2.24) is 14.7 Å². The Morgan fingerprint density at radius 3 is 2.95 bits per heavy atom. The van der Waals surface area contributed by atoms with Crippen molar-refractivity contribution in [3.8, 4) is 0 Å². The molecule has 2 atom stereocenters. The first-order valence-electron chi connectivity index (χ1n) is 6.95. The fourth-order valence-electron chi connectivity index (χ4n) is 2.72. The third-order valence-corrected chi connectivity index (χ3v) is 4.20. The SMILES string of the molecule is COCC[C@]1(O)CCN(C(=O)c2cnn(C)c2)C[C@H]1C. The summed E-state index contributed by atoms with van der Waals surface area (Å²) < 4.78 is 6.67. The zero-order valence-electron chi connectivity index (χ0n) is 12.4. The lowest BCUT2D eigenvalue weighted by molar-refractivity contribution is -0.0750. The highest BCUT2D eigenvalue weighted by molar-refractivity contribution is 5.93. The smallest absolute Gasteiger partial charge is 0.257 e. The monoisotopic (exact) mass is 281 g/mol. The standard InChI is InChI=1S/C14H23N3O3/c1-11-9-17(6-4-14(11,19)5-7-20-3)13(18)12-8-15-16(2)10-12/h8,10-11,19H,4-7,9H2,1-3H3/t11-,14-/m1/s1. The highest BCUT2D eigenvalue weighted by Gasteiger charge is 2.39. The van der Waals surface area contributed by atoms with E-state index in [2.05, 4.69) is 5.10 Å². The number of aromatic nitrogens is 2. The largest absolute Gasteiger partial charge is 0.389 e. The molecule has 0 unspecified atom stereocenters. The molecule has 20 heavy (non-hydrogen) atoms. The fraction of sp³-hybridized carbons (Fsp3) is 0.714. The summed E-state index contributed by atoms with van der Waals surface area (Å²) in [6.07, 6.45) is 4.50. The summed E-state index contributed by atoms with van der Waals surface area (Å²) >= 11 is 0. The first-order chi connectivity index (χ1) is 9.46. The van der Waals surface area contributed by atoms with E-state index >= 15 is 0 Å². The van der Waals surface area contributed by atoms with Gasteiger partial charge in [-0.2, -0.15) is 5.10 Å². The lowest BCUT2D eigenvalue weighted by Crippen LogP contribution is -2.52. The van der Waals surface area contributed by atoms with Crippen LogP contribution in [-0.4, -0.2) is 58.1 Å². The van der Waals surface area contributed by atoms with Crippen LogP contribution in [0.2, 0.25) is 0 Å². The molecule has 6 heteroatoms. The molecule has 0 saturated carbocycles. The first kappa shape index (κ1) is 15.0. The van der Waals surface area contributed by atoms with Gasteiger partial charge in [-0.05, 0) is 12.8 Å². The molecule has 1 aliphatic heterocycles. The molecule has 112 valence electrons. The number of methoxy groups -OCH3 is 1. The number of aryl methyl sites for hydroxylation is 1. The summed E-state index contributed by atoms with van der Waals surface area (Å²) in [5.41, 5.74) is -0.135. The van der Waals surface area contributed by atoms with Crippen molar-refractivity contribution >= 4 is 5.91 Å². The normalized spacial score (nSPS) is 26.8. The number of hydrogen-bond acceptors (Lipinski definition) is 4. The Labute approximate surface area is 119 Å². The Kier molecular flexibility index (Phi) is 4.45. The van der Waals surface area contributed by atoms with Crippen molar-refractivity contribution in [3.05, 3.63) is 18.0 Å². The minimum Gasteiger partial charge on any atom is -0.389 e. The topological polar surface area (TPSA) is 67.6 Å². The number of carbonyl (C=O) groups is 1. The van der Waals surface area contributed by atoms with Crippen molar-refractivity contribution < 1.29 is 14.6 Å². The molecule has 2 rings (SSSR count). The zero-order chi connectivity index (χ0) is 14.8. The van der Waals surface area contributed by atoms with Crippen molar-refractivity contribution in [2.24, 2.45) is 13.0 Å². The Bertz CT molecular complexity index is 474. The molecule has 1 fully saturated rings. The van der Waals surface area contributed by atoms with E-state index in [-0.39, 0.29) is 11.8 Å². The number of carbonyl (C=O) groups excluding carboxylic acids is 1. The van der Waals surface area contributed by atoms with Gasteiger partial charge in [0.15, 0.2) is 0 Å². The Hall–Kier alpha value is -1.40. The first-order valence-corrected chi connectivity index (χ1v) is 6.95. The fourth-order valence-corrected chi connectivity index (χ4v) is 2.72. The Balaban J connectivity index is 2.00. The van der Waals surface area contributed by atoms with Gasteiger partial charge in [-0.25, -0.2) is 0 Å². The molecule has 1 aromatic rings. The number of rotatable bonds is 4. The van der Waals surface area contributed by atoms with Gasteiger partial charge in [0.05, 0.1) is 17.4 Å². The lowest BCUT2D eigenvalue weighted by Gasteiger charge is -2.43. The average molecular weight is 281 g/mol. The second-order valence-corrected chi connectivity index (χ2v) is 5.65. The summed E-state index contributed by atoms with van der Waals surface area (Å²) in [5.74, 6) is 0.0192. The Morgan fingerprint density at radius 1 is 1.65 bits per heavy atom. The van der Waals surface area contributed by atoms with Crippen LogP contribution in [-0.2, 0) is 11.8 Å². The second-order valence-electron chi connectivity index (χ2n) is 5.65. The minimum atomic E-state index is -0.734. The Morgan fingerprint density at radius 2 is 2.40 bits per heavy atom. The predicted molar refractivity (Wildman–Crippen MR) is 74.3 cm³/mol. The molecule has 1 amide bonds. The van der Waals surface area contributed by atoms with Gasteiger partial charge >= 0.3 is 0 Å². The van der Waals surface area contributed by atoms with Crippen LogP contribution in [0, 0.1) is 5.92 Å². The van der Waals surface area contributed by atoms with Gasteiger partial charge in [0.25, 0.3) is 5.91 Å². The maximum atomic E-state index is 12.3. The van der Waals surface area contributed by atoms with Crippen molar-refractivity contribution in [2.75, 3.05) is 26.8 Å². The number of likely N-dealkylation sites (tertiary alicyclic amines) is 1. The molecule has 6 nitrogen and oxygen atoms in total. The number of amides is 1. The number of hydrogen-bond donors (Lipinski definition) is 1. The molecule has 0 bridgehead atoms. The van der Waals surface area contributed by atoms with Crippen molar-refractivity contribution in [2.45, 2.75) is 25.4 Å². The predicted octanol–water partition coefficient (Wildman–Crippen LogP) is 0.670. The van der Waals surface area contributed by atoms with E-state index in [4.69, 9.17) is 4.74 Å². The van der Waals surface area contributed by atoms with Gasteiger partial charge in [-0.1, -0.05) is 6.92 Å². The van der Waals surface area contributed by atoms with E-state index in [1.807, 2.05) is 6.92 Å². The van der Waals surface area contributed by atoms with Gasteiger partial charge in [-0.3, -0.25) is 9.48 Å². The van der Waals surface area contributed by atoms with Crippen LogP contribution < -0.4 is 0 Å². The molecule has 2 heterocycles. The highest BCUT2D eigenvalue weighted by Crippen LogP contribution is 2.31. The van der Waals surface area contributed by atoms with E-state index in [1.54, 1.807) is 36.1 Å². The van der Waals surface area contributed by atoms with Crippen LogP contribution in [0.5, 0.6) is 0 Å². The zero-order valence-corrected chi connectivity index (χ0v) is 12.4. The summed E-state index contributed by atoms with van der Waals surface area (Å²) in [4.78, 5) is 14.1. The van der Waals surface area contributed by atoms with Crippen LogP contribution in [0.3, 0.4) is 0 Å². The summed E-state index contributed by atoms with van der Waals surface area (Å²) in [6.45, 7) is 3.65. The van der Waals surface area contributed by atoms with Gasteiger partial charge in [0, 0.05) is 46.0 Å². The van der Waals surface area contributed by atoms with Crippen LogP contribution in [0.4, 0.5) is 0 Å². The number of ether oxygens (including phenoxy) is 1. The quantitative estimate of drug-likeness (QED) is 0.881. The molecule has 1 aromatic heterocycles. The third kappa shape index (κ3) is 3.02. The maximum absolute atomic E-state index is 12.3. The van der Waals surface area contributed by atoms with Crippen LogP contribution >= 0.6 is 0 Å². The third-order valence-electron chi connectivity index (χ3n) is 4.20. The van der Waals surface area contributed by atoms with E-state index in [0.717, 1.165) is 0 Å². The van der Waals surface area contributed by atoms with Crippen molar-refractivity contribution in [1.29, 1.82) is 0 Å². The van der Waals surface area contributed by atoms with E-state index in [9.17, 15) is 9.90 Å². The molecule has 0 radical (unpaired) electrons. The van der Waals surface area contributed by atoms with E-state index < -0.39 is 5.60 Å². The molecule has 0 spiro atoms. The summed E-state index contributed by atoms with van der Waals surface area (Å²) in [7, 11) is 3.42. The number of aliphatic hydroxyl groups is 1. The van der Waals surface area contributed by atoms with Crippen molar-refractivity contribution in [3.63, 3.8) is 0 Å². The highest BCUT2D eigenvalue weighted by atomic mass is 16.5. The van der Waals surface area contributed by atoms with E-state index in [0.29, 0.717) is 38.1 Å². The summed E-state index contributed by atoms with van der Waals surface area (Å²) in [5, 5.41) is 14.6. The minimum absolute atomic E-state index is 0.0151. The number of nitrogens with zero attached hydrogens (tertiary/aromatic N) is 3. The van der Waals surface area contributed by atoms with Crippen LogP contribution in [0.1, 0.15) is 30.1 Å². The summed E-state index contributed by atoms with van der Waals surface area (Å²) in [6, 6.07) is 0. The molecule has 1 saturated heterocycles. The average Bonchev–Trinajstić information content (AvgIpc) is 2.86. The molecule has 0 aliphatic carbocycles. The maximum Gasteiger partial charge on any atom is 0.257 e. The molecular formula is C14H23N3O3. The van der Waals surface area contributed by atoms with Crippen LogP contribution in [0.25, 0.3) is 0 Å². The molecule has 1 aliphatic rings. The van der Waals surface area contributed by atoms with E-state index in [1.165, 1.54) is 0 Å². The lowest BCUT2D eigenvalue weighted by atomic mass is 9.80. The van der Waals surface area contributed by atoms with Gasteiger partial charge < -0.3 is 14.7 Å². The van der Waals surface area contributed by atoms with Crippen LogP contribution in [0.15, 0.2) is 12.4 Å². The van der Waals surface area contributed by atoms with Gasteiger partial charge in [-0.15, -0.1) is 0 Å².